The van der Waals surface area contributed by atoms with Crippen molar-refractivity contribution < 1.29 is 4.79 Å². The van der Waals surface area contributed by atoms with Gasteiger partial charge in [-0.05, 0) is 19.3 Å². The molecule has 0 atom stereocenters. The lowest BCUT2D eigenvalue weighted by Gasteiger charge is -2.03. The molecule has 2 heterocycles. The van der Waals surface area contributed by atoms with Gasteiger partial charge >= 0.3 is 0 Å². The summed E-state index contributed by atoms with van der Waals surface area (Å²) in [5.41, 5.74) is 0.538. The molecular formula is C13H18N4OS. The van der Waals surface area contributed by atoms with Crippen LogP contribution in [0.3, 0.4) is 0 Å². The maximum Gasteiger partial charge on any atom is 0.270 e. The minimum absolute atomic E-state index is 0.0794. The molecule has 5 nitrogen and oxygen atoms in total. The summed E-state index contributed by atoms with van der Waals surface area (Å²) in [6.07, 6.45) is 8.33. The van der Waals surface area contributed by atoms with E-state index in [-0.39, 0.29) is 5.91 Å². The van der Waals surface area contributed by atoms with Gasteiger partial charge in [0.05, 0.1) is 11.3 Å². The van der Waals surface area contributed by atoms with Crippen LogP contribution in [0.4, 0.5) is 0 Å². The molecular weight excluding hydrogens is 260 g/mol. The van der Waals surface area contributed by atoms with E-state index >= 15 is 0 Å². The molecule has 0 aromatic carbocycles. The van der Waals surface area contributed by atoms with Gasteiger partial charge in [0.25, 0.3) is 5.91 Å². The largest absolute Gasteiger partial charge is 0.351 e. The molecule has 19 heavy (non-hydrogen) atoms. The topological polar surface area (TPSA) is 59.8 Å². The van der Waals surface area contributed by atoms with Crippen molar-refractivity contribution in [2.45, 2.75) is 32.7 Å². The molecule has 0 aliphatic carbocycles. The van der Waals surface area contributed by atoms with Crippen LogP contribution < -0.4 is 5.32 Å². The molecule has 0 saturated carbocycles. The van der Waals surface area contributed by atoms with Crippen molar-refractivity contribution >= 4 is 17.2 Å². The fourth-order valence-electron chi connectivity index (χ4n) is 1.72. The summed E-state index contributed by atoms with van der Waals surface area (Å²) in [5, 5.41) is 5.75. The van der Waals surface area contributed by atoms with Gasteiger partial charge in [-0.25, -0.2) is 9.97 Å². The number of carbonyl (C=O) groups excluding carboxylic acids is 1. The maximum atomic E-state index is 11.8. The highest BCUT2D eigenvalue weighted by Gasteiger charge is 2.09. The van der Waals surface area contributed by atoms with Crippen LogP contribution in [-0.4, -0.2) is 27.0 Å². The molecule has 0 aliphatic heterocycles. The second kappa shape index (κ2) is 7.04. The summed E-state index contributed by atoms with van der Waals surface area (Å²) in [5.74, 6) is -0.0794. The molecule has 0 spiro atoms. The van der Waals surface area contributed by atoms with Gasteiger partial charge in [-0.2, -0.15) is 0 Å². The van der Waals surface area contributed by atoms with Gasteiger partial charge in [-0.1, -0.05) is 6.92 Å². The molecule has 0 fully saturated rings. The first kappa shape index (κ1) is 13.7. The molecule has 2 aromatic rings. The quantitative estimate of drug-likeness (QED) is 0.789. The molecule has 0 unspecified atom stereocenters. The lowest BCUT2D eigenvalue weighted by atomic mass is 10.3. The van der Waals surface area contributed by atoms with Crippen molar-refractivity contribution in [2.75, 3.05) is 6.54 Å². The first-order valence-electron chi connectivity index (χ1n) is 6.48. The Morgan fingerprint density at radius 2 is 2.42 bits per heavy atom. The Morgan fingerprint density at radius 1 is 1.53 bits per heavy atom. The number of amides is 1. The summed E-state index contributed by atoms with van der Waals surface area (Å²) in [4.78, 5) is 20.1. The monoisotopic (exact) mass is 278 g/mol. The fourth-order valence-corrected chi connectivity index (χ4v) is 2.60. The number of hydrogen-bond donors (Lipinski definition) is 1. The number of imidazole rings is 1. The highest BCUT2D eigenvalue weighted by molar-refractivity contribution is 7.09. The van der Waals surface area contributed by atoms with E-state index < -0.39 is 0 Å². The zero-order valence-electron chi connectivity index (χ0n) is 11.0. The standard InChI is InChI=1S/C13H18N4OS/c1-2-4-12-16-11(9-19-12)13(18)15-5-3-7-17-8-6-14-10-17/h6,8-10H,2-5,7H2,1H3,(H,15,18). The van der Waals surface area contributed by atoms with E-state index in [9.17, 15) is 4.79 Å². The predicted molar refractivity (Wildman–Crippen MR) is 75.3 cm³/mol. The number of thiazole rings is 1. The molecule has 102 valence electrons. The number of aryl methyl sites for hydroxylation is 2. The van der Waals surface area contributed by atoms with Gasteiger partial charge in [-0.15, -0.1) is 11.3 Å². The fraction of sp³-hybridized carbons (Fsp3) is 0.462. The van der Waals surface area contributed by atoms with E-state index in [1.165, 1.54) is 0 Å². The minimum Gasteiger partial charge on any atom is -0.351 e. The van der Waals surface area contributed by atoms with Gasteiger partial charge in [0.15, 0.2) is 0 Å². The Labute approximate surface area is 116 Å². The van der Waals surface area contributed by atoms with Crippen molar-refractivity contribution in [3.63, 3.8) is 0 Å². The van der Waals surface area contributed by atoms with Gasteiger partial charge in [0.1, 0.15) is 5.69 Å². The van der Waals surface area contributed by atoms with Crippen molar-refractivity contribution in [3.8, 4) is 0 Å². The third-order valence-corrected chi connectivity index (χ3v) is 3.59. The van der Waals surface area contributed by atoms with E-state index in [1.54, 1.807) is 23.9 Å². The summed E-state index contributed by atoms with van der Waals surface area (Å²) in [6.45, 7) is 3.62. The third-order valence-electron chi connectivity index (χ3n) is 2.69. The average Bonchev–Trinajstić information content (AvgIpc) is 3.06. The first-order chi connectivity index (χ1) is 9.29. The number of hydrogen-bond acceptors (Lipinski definition) is 4. The summed E-state index contributed by atoms with van der Waals surface area (Å²) in [6, 6.07) is 0. The normalized spacial score (nSPS) is 10.6. The maximum absolute atomic E-state index is 11.8. The zero-order chi connectivity index (χ0) is 13.5. The van der Waals surface area contributed by atoms with Crippen molar-refractivity contribution in [1.82, 2.24) is 19.9 Å². The van der Waals surface area contributed by atoms with Crippen LogP contribution in [0.2, 0.25) is 0 Å². The van der Waals surface area contributed by atoms with Gasteiger partial charge < -0.3 is 9.88 Å². The van der Waals surface area contributed by atoms with E-state index in [0.717, 1.165) is 30.8 Å². The number of rotatable bonds is 7. The minimum atomic E-state index is -0.0794. The Balaban J connectivity index is 1.71. The van der Waals surface area contributed by atoms with Crippen molar-refractivity contribution in [1.29, 1.82) is 0 Å². The lowest BCUT2D eigenvalue weighted by Crippen LogP contribution is -2.25. The number of nitrogens with one attached hydrogen (secondary N) is 1. The molecule has 0 bridgehead atoms. The molecule has 1 N–H and O–H groups in total. The summed E-state index contributed by atoms with van der Waals surface area (Å²) < 4.78 is 1.99. The number of aromatic nitrogens is 3. The zero-order valence-corrected chi connectivity index (χ0v) is 11.8. The van der Waals surface area contributed by atoms with Gasteiger partial charge in [-0.3, -0.25) is 4.79 Å². The highest BCUT2D eigenvalue weighted by atomic mass is 32.1. The molecule has 1 amide bonds. The van der Waals surface area contributed by atoms with E-state index in [2.05, 4.69) is 22.2 Å². The Morgan fingerprint density at radius 3 is 3.16 bits per heavy atom. The van der Waals surface area contributed by atoms with Crippen LogP contribution in [0.15, 0.2) is 24.1 Å². The molecule has 0 saturated heterocycles. The van der Waals surface area contributed by atoms with Crippen LogP contribution in [0.1, 0.15) is 35.3 Å². The smallest absolute Gasteiger partial charge is 0.270 e. The average molecular weight is 278 g/mol. The Hall–Kier alpha value is -1.69. The SMILES string of the molecule is CCCc1nc(C(=O)NCCCn2ccnc2)cs1. The van der Waals surface area contributed by atoms with Crippen LogP contribution in [0.5, 0.6) is 0 Å². The van der Waals surface area contributed by atoms with Crippen LogP contribution in [0.25, 0.3) is 0 Å². The van der Waals surface area contributed by atoms with E-state index in [0.29, 0.717) is 12.2 Å². The Bertz CT molecular complexity index is 506. The highest BCUT2D eigenvalue weighted by Crippen LogP contribution is 2.11. The molecule has 2 aromatic heterocycles. The van der Waals surface area contributed by atoms with Gasteiger partial charge in [0, 0.05) is 30.9 Å². The first-order valence-corrected chi connectivity index (χ1v) is 7.36. The lowest BCUT2D eigenvalue weighted by molar-refractivity contribution is 0.0948. The number of carbonyl (C=O) groups is 1. The van der Waals surface area contributed by atoms with Crippen LogP contribution in [0, 0.1) is 0 Å². The molecule has 2 rings (SSSR count). The summed E-state index contributed by atoms with van der Waals surface area (Å²) >= 11 is 1.56. The van der Waals surface area contributed by atoms with Gasteiger partial charge in [0.2, 0.25) is 0 Å². The molecule has 0 aliphatic rings. The van der Waals surface area contributed by atoms with E-state index in [1.807, 2.05) is 16.1 Å². The third kappa shape index (κ3) is 4.17. The second-order valence-corrected chi connectivity index (χ2v) is 5.23. The van der Waals surface area contributed by atoms with Crippen molar-refractivity contribution in [2.24, 2.45) is 0 Å². The van der Waals surface area contributed by atoms with E-state index in [4.69, 9.17) is 0 Å². The van der Waals surface area contributed by atoms with Crippen molar-refractivity contribution in [3.05, 3.63) is 34.8 Å². The predicted octanol–water partition coefficient (Wildman–Crippen LogP) is 2.11. The van der Waals surface area contributed by atoms with Crippen LogP contribution in [-0.2, 0) is 13.0 Å². The second-order valence-electron chi connectivity index (χ2n) is 4.29. The molecule has 6 heteroatoms. The Kier molecular flexibility index (Phi) is 5.09. The molecule has 0 radical (unpaired) electrons. The summed E-state index contributed by atoms with van der Waals surface area (Å²) in [7, 11) is 0. The number of nitrogens with zero attached hydrogens (tertiary/aromatic N) is 3. The van der Waals surface area contributed by atoms with Crippen LogP contribution >= 0.6 is 11.3 Å².